The number of hydrogen-bond donors (Lipinski definition) is 2. The first-order valence-corrected chi connectivity index (χ1v) is 5.58. The van der Waals surface area contributed by atoms with Crippen LogP contribution in [0.15, 0.2) is 48.8 Å². The van der Waals surface area contributed by atoms with Crippen LogP contribution in [-0.2, 0) is 0 Å². The van der Waals surface area contributed by atoms with E-state index in [1.807, 2.05) is 18.5 Å². The van der Waals surface area contributed by atoms with Crippen LogP contribution in [0.4, 0.5) is 11.4 Å². The van der Waals surface area contributed by atoms with E-state index in [0.717, 1.165) is 22.4 Å². The molecule has 2 N–H and O–H groups in total. The number of anilines is 2. The van der Waals surface area contributed by atoms with Gasteiger partial charge in [0, 0.05) is 17.3 Å². The smallest absolute Gasteiger partial charge is 0.137 e. The molecule has 2 heterocycles. The van der Waals surface area contributed by atoms with Crippen molar-refractivity contribution >= 4 is 22.4 Å². The Morgan fingerprint density at radius 1 is 1.06 bits per heavy atom. The monoisotopic (exact) mass is 223 g/mol. The molecular formula is C14H13N3. The lowest BCUT2D eigenvalue weighted by atomic mass is 10.2. The van der Waals surface area contributed by atoms with Gasteiger partial charge in [0.25, 0.3) is 0 Å². The number of aryl methyl sites for hydroxylation is 1. The number of rotatable bonds is 2. The van der Waals surface area contributed by atoms with Gasteiger partial charge in [-0.3, -0.25) is 0 Å². The summed E-state index contributed by atoms with van der Waals surface area (Å²) < 4.78 is 0. The van der Waals surface area contributed by atoms with Crippen molar-refractivity contribution < 1.29 is 0 Å². The van der Waals surface area contributed by atoms with Gasteiger partial charge in [0.2, 0.25) is 0 Å². The number of fused-ring (bicyclic) bond motifs is 1. The molecule has 17 heavy (non-hydrogen) atoms. The van der Waals surface area contributed by atoms with Crippen LogP contribution in [0, 0.1) is 6.92 Å². The topological polar surface area (TPSA) is 40.7 Å². The average molecular weight is 223 g/mol. The lowest BCUT2D eigenvalue weighted by Crippen LogP contribution is -1.91. The SMILES string of the molecule is Cc1ccc(Nc2cnc3[nH]ccc3c2)cc1. The molecule has 3 heteroatoms. The van der Waals surface area contributed by atoms with Crippen LogP contribution in [0.25, 0.3) is 11.0 Å². The highest BCUT2D eigenvalue weighted by Crippen LogP contribution is 2.19. The van der Waals surface area contributed by atoms with Gasteiger partial charge in [0.15, 0.2) is 0 Å². The van der Waals surface area contributed by atoms with E-state index in [0.29, 0.717) is 0 Å². The van der Waals surface area contributed by atoms with Gasteiger partial charge in [-0.2, -0.15) is 0 Å². The Balaban J connectivity index is 1.91. The highest BCUT2D eigenvalue weighted by Gasteiger charge is 1.98. The van der Waals surface area contributed by atoms with Crippen LogP contribution < -0.4 is 5.32 Å². The third-order valence-electron chi connectivity index (χ3n) is 2.74. The maximum Gasteiger partial charge on any atom is 0.137 e. The number of nitrogens with zero attached hydrogens (tertiary/aromatic N) is 1. The summed E-state index contributed by atoms with van der Waals surface area (Å²) in [6, 6.07) is 12.4. The molecular weight excluding hydrogens is 210 g/mol. The van der Waals surface area contributed by atoms with Crippen molar-refractivity contribution in [2.75, 3.05) is 5.32 Å². The van der Waals surface area contributed by atoms with Crippen LogP contribution in [0.1, 0.15) is 5.56 Å². The van der Waals surface area contributed by atoms with E-state index in [1.54, 1.807) is 0 Å². The zero-order valence-corrected chi connectivity index (χ0v) is 9.57. The lowest BCUT2D eigenvalue weighted by molar-refractivity contribution is 1.32. The standard InChI is InChI=1S/C14H13N3/c1-10-2-4-12(5-3-10)17-13-8-11-6-7-15-14(11)16-9-13/h2-9,17H,1H3,(H,15,16). The molecule has 0 unspecified atom stereocenters. The quantitative estimate of drug-likeness (QED) is 0.696. The second-order valence-corrected chi connectivity index (χ2v) is 4.13. The first-order valence-electron chi connectivity index (χ1n) is 5.58. The fraction of sp³-hybridized carbons (Fsp3) is 0.0714. The largest absolute Gasteiger partial charge is 0.354 e. The minimum absolute atomic E-state index is 0.916. The zero-order chi connectivity index (χ0) is 11.7. The molecule has 0 aliphatic rings. The summed E-state index contributed by atoms with van der Waals surface area (Å²) in [6.45, 7) is 2.08. The van der Waals surface area contributed by atoms with Crippen LogP contribution >= 0.6 is 0 Å². The molecule has 0 saturated carbocycles. The summed E-state index contributed by atoms with van der Waals surface area (Å²) in [5, 5.41) is 4.45. The van der Waals surface area contributed by atoms with Crippen LogP contribution in [0.5, 0.6) is 0 Å². The molecule has 0 aliphatic carbocycles. The number of nitrogens with one attached hydrogen (secondary N) is 2. The van der Waals surface area contributed by atoms with Crippen LogP contribution in [0.2, 0.25) is 0 Å². The summed E-state index contributed by atoms with van der Waals surface area (Å²) in [5.74, 6) is 0. The van der Waals surface area contributed by atoms with Crippen molar-refractivity contribution in [3.05, 3.63) is 54.4 Å². The van der Waals surface area contributed by atoms with Crippen LogP contribution in [-0.4, -0.2) is 9.97 Å². The molecule has 3 aromatic rings. The van der Waals surface area contributed by atoms with E-state index >= 15 is 0 Å². The Morgan fingerprint density at radius 2 is 1.88 bits per heavy atom. The molecule has 84 valence electrons. The minimum atomic E-state index is 0.916. The molecule has 3 nitrogen and oxygen atoms in total. The van der Waals surface area contributed by atoms with Gasteiger partial charge < -0.3 is 10.3 Å². The number of hydrogen-bond acceptors (Lipinski definition) is 2. The van der Waals surface area contributed by atoms with Crippen molar-refractivity contribution in [3.8, 4) is 0 Å². The summed E-state index contributed by atoms with van der Waals surface area (Å²) in [7, 11) is 0. The van der Waals surface area contributed by atoms with Crippen molar-refractivity contribution in [3.63, 3.8) is 0 Å². The number of aromatic amines is 1. The highest BCUT2D eigenvalue weighted by molar-refractivity contribution is 5.80. The fourth-order valence-electron chi connectivity index (χ4n) is 1.81. The van der Waals surface area contributed by atoms with E-state index in [-0.39, 0.29) is 0 Å². The normalized spacial score (nSPS) is 10.6. The molecule has 0 fully saturated rings. The van der Waals surface area contributed by atoms with E-state index in [2.05, 4.69) is 52.5 Å². The number of H-pyrrole nitrogens is 1. The third kappa shape index (κ3) is 1.99. The number of pyridine rings is 1. The van der Waals surface area contributed by atoms with Crippen molar-refractivity contribution in [1.82, 2.24) is 9.97 Å². The Bertz CT molecular complexity index is 638. The molecule has 1 aromatic carbocycles. The van der Waals surface area contributed by atoms with Gasteiger partial charge in [0.1, 0.15) is 5.65 Å². The number of aromatic nitrogens is 2. The Hall–Kier alpha value is -2.29. The molecule has 0 radical (unpaired) electrons. The van der Waals surface area contributed by atoms with Gasteiger partial charge >= 0.3 is 0 Å². The first-order chi connectivity index (χ1) is 8.31. The maximum atomic E-state index is 4.34. The second-order valence-electron chi connectivity index (χ2n) is 4.13. The Kier molecular flexibility index (Phi) is 2.29. The van der Waals surface area contributed by atoms with Gasteiger partial charge in [-0.05, 0) is 31.2 Å². The van der Waals surface area contributed by atoms with Crippen molar-refractivity contribution in [2.24, 2.45) is 0 Å². The summed E-state index contributed by atoms with van der Waals surface area (Å²) in [4.78, 5) is 7.42. The number of benzene rings is 1. The summed E-state index contributed by atoms with van der Waals surface area (Å²) in [6.07, 6.45) is 3.73. The molecule has 3 rings (SSSR count). The van der Waals surface area contributed by atoms with Gasteiger partial charge in [-0.1, -0.05) is 17.7 Å². The highest BCUT2D eigenvalue weighted by atomic mass is 14.9. The molecule has 0 amide bonds. The Morgan fingerprint density at radius 3 is 2.71 bits per heavy atom. The molecule has 0 spiro atoms. The van der Waals surface area contributed by atoms with E-state index < -0.39 is 0 Å². The van der Waals surface area contributed by atoms with Gasteiger partial charge in [-0.15, -0.1) is 0 Å². The van der Waals surface area contributed by atoms with Gasteiger partial charge in [0.05, 0.1) is 11.9 Å². The van der Waals surface area contributed by atoms with E-state index in [4.69, 9.17) is 0 Å². The third-order valence-corrected chi connectivity index (χ3v) is 2.74. The first kappa shape index (κ1) is 9.90. The van der Waals surface area contributed by atoms with E-state index in [1.165, 1.54) is 5.56 Å². The van der Waals surface area contributed by atoms with E-state index in [9.17, 15) is 0 Å². The second kappa shape index (κ2) is 3.94. The minimum Gasteiger partial charge on any atom is -0.354 e. The molecule has 0 aliphatic heterocycles. The van der Waals surface area contributed by atoms with Crippen LogP contribution in [0.3, 0.4) is 0 Å². The molecule has 0 saturated heterocycles. The van der Waals surface area contributed by atoms with Crippen molar-refractivity contribution in [1.29, 1.82) is 0 Å². The molecule has 0 atom stereocenters. The zero-order valence-electron chi connectivity index (χ0n) is 9.57. The average Bonchev–Trinajstić information content (AvgIpc) is 2.79. The molecule has 2 aromatic heterocycles. The predicted octanol–water partition coefficient (Wildman–Crippen LogP) is 3.61. The van der Waals surface area contributed by atoms with Gasteiger partial charge in [-0.25, -0.2) is 4.98 Å². The fourth-order valence-corrected chi connectivity index (χ4v) is 1.81. The maximum absolute atomic E-state index is 4.34. The summed E-state index contributed by atoms with van der Waals surface area (Å²) in [5.41, 5.74) is 4.25. The summed E-state index contributed by atoms with van der Waals surface area (Å²) >= 11 is 0. The Labute approximate surface area is 99.5 Å². The predicted molar refractivity (Wildman–Crippen MR) is 70.6 cm³/mol. The van der Waals surface area contributed by atoms with Crippen molar-refractivity contribution in [2.45, 2.75) is 6.92 Å². The molecule has 0 bridgehead atoms. The lowest BCUT2D eigenvalue weighted by Gasteiger charge is -2.06.